The predicted octanol–water partition coefficient (Wildman–Crippen LogP) is 2.31. The molecule has 0 fully saturated rings. The molecule has 1 aromatic carbocycles. The summed E-state index contributed by atoms with van der Waals surface area (Å²) in [4.78, 5) is 14.7. The molecule has 106 valence electrons. The van der Waals surface area contributed by atoms with Gasteiger partial charge in [-0.25, -0.2) is 0 Å². The standard InChI is InChI=1S/C16H20N2O2/c1-20-15-5-2-13(3-6-15)4-7-16(19)18-11-9-14-8-10-17-12-14/h2-3,5-6,8,10,12,17H,4,7,9,11H2,1H3,(H,18,19). The fourth-order valence-corrected chi connectivity index (χ4v) is 2.00. The van der Waals surface area contributed by atoms with Crippen molar-refractivity contribution in [1.82, 2.24) is 10.3 Å². The van der Waals surface area contributed by atoms with Gasteiger partial charge in [-0.3, -0.25) is 4.79 Å². The van der Waals surface area contributed by atoms with Crippen LogP contribution < -0.4 is 10.1 Å². The topological polar surface area (TPSA) is 54.1 Å². The number of aryl methyl sites for hydroxylation is 1. The number of methoxy groups -OCH3 is 1. The third-order valence-corrected chi connectivity index (χ3v) is 3.20. The number of carbonyl (C=O) groups is 1. The highest BCUT2D eigenvalue weighted by molar-refractivity contribution is 5.76. The van der Waals surface area contributed by atoms with Crippen LogP contribution in [0.1, 0.15) is 17.5 Å². The number of carbonyl (C=O) groups excluding carboxylic acids is 1. The molecule has 0 aliphatic rings. The maximum absolute atomic E-state index is 11.7. The first kappa shape index (κ1) is 14.2. The molecule has 1 aromatic heterocycles. The Bertz CT molecular complexity index is 518. The van der Waals surface area contributed by atoms with Crippen LogP contribution in [0.5, 0.6) is 5.75 Å². The summed E-state index contributed by atoms with van der Waals surface area (Å²) in [6.07, 6.45) is 5.96. The zero-order chi connectivity index (χ0) is 14.2. The van der Waals surface area contributed by atoms with E-state index >= 15 is 0 Å². The van der Waals surface area contributed by atoms with Crippen molar-refractivity contribution in [2.45, 2.75) is 19.3 Å². The molecule has 1 heterocycles. The summed E-state index contributed by atoms with van der Waals surface area (Å²) in [7, 11) is 1.65. The van der Waals surface area contributed by atoms with E-state index in [9.17, 15) is 4.79 Å². The van der Waals surface area contributed by atoms with Gasteiger partial charge in [0.25, 0.3) is 0 Å². The Balaban J connectivity index is 1.66. The van der Waals surface area contributed by atoms with Gasteiger partial charge in [-0.15, -0.1) is 0 Å². The molecule has 0 aliphatic heterocycles. The van der Waals surface area contributed by atoms with E-state index in [1.807, 2.05) is 42.7 Å². The van der Waals surface area contributed by atoms with Crippen molar-refractivity contribution >= 4 is 5.91 Å². The summed E-state index contributed by atoms with van der Waals surface area (Å²) in [6, 6.07) is 9.83. The summed E-state index contributed by atoms with van der Waals surface area (Å²) in [5.74, 6) is 0.932. The second kappa shape index (κ2) is 7.38. The minimum absolute atomic E-state index is 0.0938. The monoisotopic (exact) mass is 272 g/mol. The fraction of sp³-hybridized carbons (Fsp3) is 0.312. The number of hydrogen-bond acceptors (Lipinski definition) is 2. The van der Waals surface area contributed by atoms with Crippen LogP contribution in [0.4, 0.5) is 0 Å². The van der Waals surface area contributed by atoms with Crippen molar-refractivity contribution < 1.29 is 9.53 Å². The minimum Gasteiger partial charge on any atom is -0.497 e. The molecule has 2 rings (SSSR count). The summed E-state index contributed by atoms with van der Waals surface area (Å²) in [5.41, 5.74) is 2.35. The molecule has 20 heavy (non-hydrogen) atoms. The lowest BCUT2D eigenvalue weighted by atomic mass is 10.1. The Morgan fingerprint density at radius 2 is 1.95 bits per heavy atom. The minimum atomic E-state index is 0.0938. The maximum atomic E-state index is 11.7. The molecule has 0 bridgehead atoms. The van der Waals surface area contributed by atoms with Gasteiger partial charge in [-0.1, -0.05) is 12.1 Å². The third kappa shape index (κ3) is 4.46. The Morgan fingerprint density at radius 3 is 2.60 bits per heavy atom. The molecule has 1 amide bonds. The number of nitrogens with one attached hydrogen (secondary N) is 2. The number of ether oxygens (including phenoxy) is 1. The lowest BCUT2D eigenvalue weighted by Gasteiger charge is -2.05. The van der Waals surface area contributed by atoms with Crippen molar-refractivity contribution in [2.75, 3.05) is 13.7 Å². The molecule has 0 saturated heterocycles. The molecule has 4 nitrogen and oxygen atoms in total. The van der Waals surface area contributed by atoms with Crippen LogP contribution in [-0.4, -0.2) is 24.5 Å². The van der Waals surface area contributed by atoms with Gasteiger partial charge in [0.05, 0.1) is 7.11 Å². The third-order valence-electron chi connectivity index (χ3n) is 3.20. The first-order valence-corrected chi connectivity index (χ1v) is 6.79. The molecule has 0 unspecified atom stereocenters. The molecule has 2 N–H and O–H groups in total. The number of hydrogen-bond donors (Lipinski definition) is 2. The van der Waals surface area contributed by atoms with Gasteiger partial charge in [0.1, 0.15) is 5.75 Å². The number of aromatic amines is 1. The SMILES string of the molecule is COc1ccc(CCC(=O)NCCc2cc[nH]c2)cc1. The lowest BCUT2D eigenvalue weighted by Crippen LogP contribution is -2.25. The summed E-state index contributed by atoms with van der Waals surface area (Å²) >= 11 is 0. The van der Waals surface area contributed by atoms with Gasteiger partial charge in [0.2, 0.25) is 5.91 Å². The molecule has 4 heteroatoms. The Hall–Kier alpha value is -2.23. The van der Waals surface area contributed by atoms with Crippen molar-refractivity contribution in [3.63, 3.8) is 0 Å². The number of benzene rings is 1. The van der Waals surface area contributed by atoms with Gasteiger partial charge in [0, 0.05) is 25.4 Å². The van der Waals surface area contributed by atoms with Crippen LogP contribution >= 0.6 is 0 Å². The van der Waals surface area contributed by atoms with Gasteiger partial charge in [-0.2, -0.15) is 0 Å². The summed E-state index contributed by atoms with van der Waals surface area (Å²) < 4.78 is 5.10. The molecule has 0 saturated carbocycles. The summed E-state index contributed by atoms with van der Waals surface area (Å²) in [5, 5.41) is 2.94. The van der Waals surface area contributed by atoms with Crippen LogP contribution in [0, 0.1) is 0 Å². The molecular weight excluding hydrogens is 252 g/mol. The fourth-order valence-electron chi connectivity index (χ4n) is 2.00. The van der Waals surface area contributed by atoms with Crippen LogP contribution in [0.3, 0.4) is 0 Å². The van der Waals surface area contributed by atoms with Crippen molar-refractivity contribution in [1.29, 1.82) is 0 Å². The van der Waals surface area contributed by atoms with E-state index in [-0.39, 0.29) is 5.91 Å². The first-order valence-electron chi connectivity index (χ1n) is 6.79. The first-order chi connectivity index (χ1) is 9.78. The highest BCUT2D eigenvalue weighted by Gasteiger charge is 2.02. The zero-order valence-electron chi connectivity index (χ0n) is 11.7. The molecule has 0 spiro atoms. The van der Waals surface area contributed by atoms with Gasteiger partial charge in [0.15, 0.2) is 0 Å². The number of amides is 1. The van der Waals surface area contributed by atoms with E-state index < -0.39 is 0 Å². The average molecular weight is 272 g/mol. The van der Waals surface area contributed by atoms with Crippen LogP contribution in [0.15, 0.2) is 42.7 Å². The lowest BCUT2D eigenvalue weighted by molar-refractivity contribution is -0.121. The number of rotatable bonds is 7. The van der Waals surface area contributed by atoms with Crippen LogP contribution in [0.25, 0.3) is 0 Å². The number of H-pyrrole nitrogens is 1. The van der Waals surface area contributed by atoms with Crippen LogP contribution in [0.2, 0.25) is 0 Å². The molecular formula is C16H20N2O2. The van der Waals surface area contributed by atoms with Gasteiger partial charge < -0.3 is 15.0 Å². The highest BCUT2D eigenvalue weighted by Crippen LogP contribution is 2.12. The second-order valence-corrected chi connectivity index (χ2v) is 4.67. The normalized spacial score (nSPS) is 10.2. The van der Waals surface area contributed by atoms with Crippen LogP contribution in [-0.2, 0) is 17.6 Å². The van der Waals surface area contributed by atoms with Crippen molar-refractivity contribution in [2.24, 2.45) is 0 Å². The molecule has 2 aromatic rings. The predicted molar refractivity (Wildman–Crippen MR) is 78.8 cm³/mol. The highest BCUT2D eigenvalue weighted by atomic mass is 16.5. The van der Waals surface area contributed by atoms with E-state index in [1.54, 1.807) is 7.11 Å². The van der Waals surface area contributed by atoms with E-state index in [0.717, 1.165) is 24.2 Å². The van der Waals surface area contributed by atoms with Gasteiger partial charge in [-0.05, 0) is 42.2 Å². The Labute approximate surface area is 119 Å². The van der Waals surface area contributed by atoms with E-state index in [4.69, 9.17) is 4.74 Å². The Kier molecular flexibility index (Phi) is 5.24. The second-order valence-electron chi connectivity index (χ2n) is 4.67. The molecule has 0 atom stereocenters. The van der Waals surface area contributed by atoms with E-state index in [2.05, 4.69) is 10.3 Å². The average Bonchev–Trinajstić information content (AvgIpc) is 2.99. The van der Waals surface area contributed by atoms with E-state index in [0.29, 0.717) is 13.0 Å². The molecule has 0 aliphatic carbocycles. The van der Waals surface area contributed by atoms with E-state index in [1.165, 1.54) is 5.56 Å². The quantitative estimate of drug-likeness (QED) is 0.812. The van der Waals surface area contributed by atoms with Crippen molar-refractivity contribution in [3.05, 3.63) is 53.9 Å². The Morgan fingerprint density at radius 1 is 1.15 bits per heavy atom. The molecule has 0 radical (unpaired) electrons. The maximum Gasteiger partial charge on any atom is 0.220 e. The smallest absolute Gasteiger partial charge is 0.220 e. The van der Waals surface area contributed by atoms with Gasteiger partial charge >= 0.3 is 0 Å². The van der Waals surface area contributed by atoms with Crippen molar-refractivity contribution in [3.8, 4) is 5.75 Å². The largest absolute Gasteiger partial charge is 0.497 e. The zero-order valence-corrected chi connectivity index (χ0v) is 11.7. The number of aromatic nitrogens is 1. The summed E-state index contributed by atoms with van der Waals surface area (Å²) in [6.45, 7) is 0.680.